The van der Waals surface area contributed by atoms with Crippen LogP contribution in [0.2, 0.25) is 0 Å². The van der Waals surface area contributed by atoms with E-state index in [2.05, 4.69) is 34.9 Å². The van der Waals surface area contributed by atoms with Crippen LogP contribution >= 0.6 is 0 Å². The molecule has 0 unspecified atom stereocenters. The molecule has 2 aromatic rings. The van der Waals surface area contributed by atoms with Gasteiger partial charge >= 0.3 is 0 Å². The number of hydrogen-bond donors (Lipinski definition) is 1. The molecule has 1 fully saturated rings. The molecule has 128 valence electrons. The number of rotatable bonds is 6. The van der Waals surface area contributed by atoms with Gasteiger partial charge in [-0.25, -0.2) is 0 Å². The molecule has 0 aliphatic carbocycles. The van der Waals surface area contributed by atoms with E-state index in [0.29, 0.717) is 0 Å². The number of aryl methyl sites for hydroxylation is 1. The van der Waals surface area contributed by atoms with Gasteiger partial charge in [0.05, 0.1) is 6.61 Å². The molecule has 0 aromatic heterocycles. The zero-order chi connectivity index (χ0) is 16.8. The molecular weight excluding hydrogens is 298 g/mol. The number of nitrogen functional groups attached to an aromatic ring is 1. The largest absolute Gasteiger partial charge is 0.493 e. The van der Waals surface area contributed by atoms with E-state index in [1.807, 2.05) is 30.3 Å². The van der Waals surface area contributed by atoms with Crippen LogP contribution in [0, 0.1) is 6.92 Å². The Balaban J connectivity index is 1.37. The third kappa shape index (κ3) is 4.42. The van der Waals surface area contributed by atoms with Crippen molar-refractivity contribution < 1.29 is 4.74 Å². The second-order valence-electron chi connectivity index (χ2n) is 6.39. The van der Waals surface area contributed by atoms with Crippen molar-refractivity contribution in [2.24, 2.45) is 0 Å². The predicted molar refractivity (Wildman–Crippen MR) is 101 cm³/mol. The molecule has 0 amide bonds. The fraction of sp³-hybridized carbons (Fsp3) is 0.400. The third-order valence-electron chi connectivity index (χ3n) is 4.60. The average molecular weight is 325 g/mol. The summed E-state index contributed by atoms with van der Waals surface area (Å²) in [6.07, 6.45) is 1.07. The van der Waals surface area contributed by atoms with E-state index >= 15 is 0 Å². The van der Waals surface area contributed by atoms with Crippen molar-refractivity contribution in [2.75, 3.05) is 50.0 Å². The number of ether oxygens (including phenoxy) is 1. The molecule has 1 aliphatic rings. The average Bonchev–Trinajstić information content (AvgIpc) is 2.61. The number of para-hydroxylation sites is 1. The third-order valence-corrected chi connectivity index (χ3v) is 4.60. The van der Waals surface area contributed by atoms with Gasteiger partial charge in [0.25, 0.3) is 0 Å². The van der Waals surface area contributed by atoms with Crippen LogP contribution in [0.15, 0.2) is 48.5 Å². The number of nitrogens with two attached hydrogens (primary N) is 1. The van der Waals surface area contributed by atoms with E-state index in [-0.39, 0.29) is 0 Å². The fourth-order valence-corrected chi connectivity index (χ4v) is 3.10. The van der Waals surface area contributed by atoms with E-state index in [1.54, 1.807) is 0 Å². The molecule has 1 heterocycles. The van der Waals surface area contributed by atoms with Crippen molar-refractivity contribution in [3.63, 3.8) is 0 Å². The Kier molecular flexibility index (Phi) is 5.59. The normalized spacial score (nSPS) is 15.5. The zero-order valence-electron chi connectivity index (χ0n) is 14.4. The monoisotopic (exact) mass is 325 g/mol. The summed E-state index contributed by atoms with van der Waals surface area (Å²) < 4.78 is 5.88. The topological polar surface area (TPSA) is 41.7 Å². The van der Waals surface area contributed by atoms with Crippen LogP contribution in [-0.4, -0.2) is 44.2 Å². The fourth-order valence-electron chi connectivity index (χ4n) is 3.10. The van der Waals surface area contributed by atoms with E-state index < -0.39 is 0 Å². The minimum atomic E-state index is 0.781. The second-order valence-corrected chi connectivity index (χ2v) is 6.39. The van der Waals surface area contributed by atoms with Crippen LogP contribution in [0.3, 0.4) is 0 Å². The summed E-state index contributed by atoms with van der Waals surface area (Å²) in [4.78, 5) is 4.95. The summed E-state index contributed by atoms with van der Waals surface area (Å²) in [5, 5.41) is 0. The van der Waals surface area contributed by atoms with Gasteiger partial charge in [0.1, 0.15) is 5.75 Å². The minimum absolute atomic E-state index is 0.781. The summed E-state index contributed by atoms with van der Waals surface area (Å²) in [6.45, 7) is 8.32. The highest BCUT2D eigenvalue weighted by Gasteiger charge is 2.16. The summed E-state index contributed by atoms with van der Waals surface area (Å²) in [5.74, 6) is 1.01. The first-order valence-corrected chi connectivity index (χ1v) is 8.73. The molecule has 0 atom stereocenters. The van der Waals surface area contributed by atoms with Crippen LogP contribution in [0.25, 0.3) is 0 Å². The maximum Gasteiger partial charge on any atom is 0.122 e. The Morgan fingerprint density at radius 3 is 2.38 bits per heavy atom. The summed E-state index contributed by atoms with van der Waals surface area (Å²) in [7, 11) is 0. The van der Waals surface area contributed by atoms with Gasteiger partial charge in [-0.1, -0.05) is 18.2 Å². The molecule has 1 saturated heterocycles. The van der Waals surface area contributed by atoms with Crippen molar-refractivity contribution >= 4 is 11.4 Å². The highest BCUT2D eigenvalue weighted by atomic mass is 16.5. The van der Waals surface area contributed by atoms with Crippen molar-refractivity contribution in [1.82, 2.24) is 4.90 Å². The van der Waals surface area contributed by atoms with Gasteiger partial charge < -0.3 is 15.4 Å². The zero-order valence-corrected chi connectivity index (χ0v) is 14.4. The van der Waals surface area contributed by atoms with Crippen LogP contribution in [-0.2, 0) is 0 Å². The van der Waals surface area contributed by atoms with Gasteiger partial charge in [0, 0.05) is 44.1 Å². The lowest BCUT2D eigenvalue weighted by atomic mass is 10.2. The molecule has 0 saturated carbocycles. The Morgan fingerprint density at radius 2 is 1.67 bits per heavy atom. The van der Waals surface area contributed by atoms with Crippen LogP contribution < -0.4 is 15.4 Å². The smallest absolute Gasteiger partial charge is 0.122 e. The van der Waals surface area contributed by atoms with E-state index in [0.717, 1.165) is 57.2 Å². The number of nitrogens with zero attached hydrogens (tertiary/aromatic N) is 2. The molecule has 2 aromatic carbocycles. The predicted octanol–water partition coefficient (Wildman–Crippen LogP) is 3.17. The molecule has 0 spiro atoms. The lowest BCUT2D eigenvalue weighted by Gasteiger charge is -2.36. The van der Waals surface area contributed by atoms with Crippen LogP contribution in [0.4, 0.5) is 11.4 Å². The first-order valence-electron chi connectivity index (χ1n) is 8.73. The standard InChI is InChI=1S/C20H27N3O/c1-17-5-2-3-6-20(17)24-16-4-11-22-12-14-23(15-13-22)19-9-7-18(21)8-10-19/h2-3,5-10H,4,11-16,21H2,1H3. The molecule has 24 heavy (non-hydrogen) atoms. The second kappa shape index (κ2) is 8.06. The van der Waals surface area contributed by atoms with Gasteiger partial charge in [-0.05, 0) is 49.2 Å². The van der Waals surface area contributed by atoms with Gasteiger partial charge in [-0.3, -0.25) is 4.90 Å². The Morgan fingerprint density at radius 1 is 0.958 bits per heavy atom. The SMILES string of the molecule is Cc1ccccc1OCCCN1CCN(c2ccc(N)cc2)CC1. The molecule has 3 rings (SSSR count). The highest BCUT2D eigenvalue weighted by molar-refractivity contribution is 5.53. The quantitative estimate of drug-likeness (QED) is 0.654. The molecule has 2 N–H and O–H groups in total. The van der Waals surface area contributed by atoms with Gasteiger partial charge in [0.15, 0.2) is 0 Å². The van der Waals surface area contributed by atoms with Gasteiger partial charge in [-0.15, -0.1) is 0 Å². The van der Waals surface area contributed by atoms with E-state index in [1.165, 1.54) is 11.3 Å². The Bertz CT molecular complexity index is 634. The lowest BCUT2D eigenvalue weighted by molar-refractivity contribution is 0.224. The van der Waals surface area contributed by atoms with Crippen LogP contribution in [0.5, 0.6) is 5.75 Å². The Labute approximate surface area is 144 Å². The molecule has 1 aliphatic heterocycles. The van der Waals surface area contributed by atoms with Crippen LogP contribution in [0.1, 0.15) is 12.0 Å². The van der Waals surface area contributed by atoms with E-state index in [9.17, 15) is 0 Å². The lowest BCUT2D eigenvalue weighted by Crippen LogP contribution is -2.46. The number of anilines is 2. The maximum absolute atomic E-state index is 5.88. The van der Waals surface area contributed by atoms with Crippen molar-refractivity contribution in [2.45, 2.75) is 13.3 Å². The highest BCUT2D eigenvalue weighted by Crippen LogP contribution is 2.19. The first-order chi connectivity index (χ1) is 11.7. The molecular formula is C20H27N3O. The summed E-state index contributed by atoms with van der Waals surface area (Å²) in [6, 6.07) is 16.4. The van der Waals surface area contributed by atoms with Gasteiger partial charge in [0.2, 0.25) is 0 Å². The molecule has 4 nitrogen and oxygen atoms in total. The molecule has 0 radical (unpaired) electrons. The number of piperazine rings is 1. The minimum Gasteiger partial charge on any atom is -0.493 e. The summed E-state index contributed by atoms with van der Waals surface area (Å²) in [5.41, 5.74) is 9.06. The number of hydrogen-bond acceptors (Lipinski definition) is 4. The van der Waals surface area contributed by atoms with Crippen molar-refractivity contribution in [3.8, 4) is 5.75 Å². The maximum atomic E-state index is 5.88. The molecule has 4 heteroatoms. The first kappa shape index (κ1) is 16.7. The van der Waals surface area contributed by atoms with Crippen molar-refractivity contribution in [3.05, 3.63) is 54.1 Å². The molecule has 0 bridgehead atoms. The summed E-state index contributed by atoms with van der Waals surface area (Å²) >= 11 is 0. The van der Waals surface area contributed by atoms with Crippen molar-refractivity contribution in [1.29, 1.82) is 0 Å². The van der Waals surface area contributed by atoms with E-state index in [4.69, 9.17) is 10.5 Å². The number of benzene rings is 2. The Hall–Kier alpha value is -2.20. The van der Waals surface area contributed by atoms with Gasteiger partial charge in [-0.2, -0.15) is 0 Å².